The van der Waals surface area contributed by atoms with E-state index in [2.05, 4.69) is 5.32 Å². The maximum atomic E-state index is 12.1. The van der Waals surface area contributed by atoms with Crippen molar-refractivity contribution in [2.24, 2.45) is 5.73 Å². The highest BCUT2D eigenvalue weighted by Gasteiger charge is 2.29. The second-order valence-corrected chi connectivity index (χ2v) is 5.15. The van der Waals surface area contributed by atoms with Gasteiger partial charge in [-0.2, -0.15) is 0 Å². The normalized spacial score (nSPS) is 11.5. The van der Waals surface area contributed by atoms with Gasteiger partial charge in [0, 0.05) is 26.1 Å². The minimum Gasteiger partial charge on any atom is -0.390 e. The molecule has 132 valence electrons. The number of rotatable bonds is 10. The lowest BCUT2D eigenvalue weighted by Gasteiger charge is -2.29. The Labute approximate surface area is 141 Å². The van der Waals surface area contributed by atoms with Gasteiger partial charge in [-0.05, 0) is 27.2 Å². The first-order chi connectivity index (χ1) is 10.9. The van der Waals surface area contributed by atoms with Gasteiger partial charge in [0.15, 0.2) is 0 Å². The zero-order valence-electron chi connectivity index (χ0n) is 13.8. The molecule has 0 saturated heterocycles. The molecule has 0 aliphatic rings. The monoisotopic (exact) mass is 347 g/mol. The average Bonchev–Trinajstić information content (AvgIpc) is 2.50. The summed E-state index contributed by atoms with van der Waals surface area (Å²) >= 11 is 5.06. The summed E-state index contributed by atoms with van der Waals surface area (Å²) in [6.45, 7) is 6.12. The van der Waals surface area contributed by atoms with Gasteiger partial charge in [-0.3, -0.25) is 9.59 Å². The third-order valence-corrected chi connectivity index (χ3v) is 3.07. The number of nitrogens with zero attached hydrogens (tertiary/aromatic N) is 1. The molecule has 0 rings (SSSR count). The van der Waals surface area contributed by atoms with E-state index in [-0.39, 0.29) is 32.0 Å². The average molecular weight is 347 g/mol. The third kappa shape index (κ3) is 8.58. The zero-order chi connectivity index (χ0) is 17.8. The number of esters is 2. The van der Waals surface area contributed by atoms with Crippen LogP contribution >= 0.6 is 12.2 Å². The van der Waals surface area contributed by atoms with Crippen molar-refractivity contribution < 1.29 is 23.9 Å². The van der Waals surface area contributed by atoms with E-state index in [0.717, 1.165) is 0 Å². The van der Waals surface area contributed by atoms with E-state index < -0.39 is 18.2 Å². The topological polar surface area (TPSA) is 111 Å². The first kappa shape index (κ1) is 21.4. The molecule has 0 spiro atoms. The van der Waals surface area contributed by atoms with Crippen molar-refractivity contribution >= 4 is 35.1 Å². The molecule has 1 atom stereocenters. The Morgan fingerprint density at radius 1 is 1.30 bits per heavy atom. The number of nitrogens with two attached hydrogens (primary N) is 1. The molecule has 0 radical (unpaired) electrons. The fourth-order valence-electron chi connectivity index (χ4n) is 1.74. The number of hydrogen-bond donors (Lipinski definition) is 2. The van der Waals surface area contributed by atoms with Gasteiger partial charge >= 0.3 is 11.9 Å². The van der Waals surface area contributed by atoms with Crippen molar-refractivity contribution in [2.45, 2.75) is 39.8 Å². The van der Waals surface area contributed by atoms with E-state index >= 15 is 0 Å². The molecule has 0 unspecified atom stereocenters. The maximum Gasteiger partial charge on any atom is 0.364 e. The fraction of sp³-hybridized carbons (Fsp3) is 0.714. The van der Waals surface area contributed by atoms with Gasteiger partial charge in [0.05, 0.1) is 11.5 Å². The molecule has 9 heteroatoms. The zero-order valence-corrected chi connectivity index (χ0v) is 14.6. The van der Waals surface area contributed by atoms with Gasteiger partial charge in [0.2, 0.25) is 12.1 Å². The van der Waals surface area contributed by atoms with E-state index in [9.17, 15) is 14.4 Å². The van der Waals surface area contributed by atoms with Crippen molar-refractivity contribution in [1.82, 2.24) is 10.2 Å². The quantitative estimate of drug-likeness (QED) is 0.186. The summed E-state index contributed by atoms with van der Waals surface area (Å²) in [4.78, 5) is 36.7. The van der Waals surface area contributed by atoms with E-state index in [1.54, 1.807) is 13.8 Å². The third-order valence-electron chi connectivity index (χ3n) is 2.83. The van der Waals surface area contributed by atoms with Crippen LogP contribution in [0.3, 0.4) is 0 Å². The van der Waals surface area contributed by atoms with Gasteiger partial charge in [0.25, 0.3) is 0 Å². The highest BCUT2D eigenvalue weighted by Crippen LogP contribution is 2.07. The molecule has 0 aromatic rings. The van der Waals surface area contributed by atoms with Crippen molar-refractivity contribution in [3.8, 4) is 0 Å². The molecule has 23 heavy (non-hydrogen) atoms. The summed E-state index contributed by atoms with van der Waals surface area (Å²) in [5, 5.41) is 2.52. The van der Waals surface area contributed by atoms with E-state index in [0.29, 0.717) is 18.0 Å². The second-order valence-electron chi connectivity index (χ2n) is 4.56. The Morgan fingerprint density at radius 2 is 1.96 bits per heavy atom. The number of nitrogens with one attached hydrogen (secondary N) is 1. The summed E-state index contributed by atoms with van der Waals surface area (Å²) in [6.07, 6.45) is -0.692. The van der Waals surface area contributed by atoms with Crippen LogP contribution in [0.2, 0.25) is 0 Å². The molecule has 0 bridgehead atoms. The van der Waals surface area contributed by atoms with Gasteiger partial charge < -0.3 is 25.4 Å². The molecule has 3 N–H and O–H groups in total. The van der Waals surface area contributed by atoms with Crippen LogP contribution in [0.5, 0.6) is 0 Å². The highest BCUT2D eigenvalue weighted by atomic mass is 32.1. The summed E-state index contributed by atoms with van der Waals surface area (Å²) in [6, 6.07) is 0. The van der Waals surface area contributed by atoms with Crippen LogP contribution in [0.1, 0.15) is 33.6 Å². The molecule has 0 fully saturated rings. The van der Waals surface area contributed by atoms with Crippen molar-refractivity contribution in [2.75, 3.05) is 26.2 Å². The van der Waals surface area contributed by atoms with Crippen molar-refractivity contribution in [3.05, 3.63) is 0 Å². The predicted octanol–water partition coefficient (Wildman–Crippen LogP) is -0.0569. The van der Waals surface area contributed by atoms with Crippen LogP contribution in [0.25, 0.3) is 0 Å². The molecule has 0 aliphatic carbocycles. The Balaban J connectivity index is 4.42. The fourth-order valence-corrected chi connectivity index (χ4v) is 1.97. The first-order valence-electron chi connectivity index (χ1n) is 7.47. The van der Waals surface area contributed by atoms with Crippen LogP contribution < -0.4 is 11.1 Å². The van der Waals surface area contributed by atoms with Crippen LogP contribution in [-0.2, 0) is 23.9 Å². The molecule has 0 saturated carbocycles. The minimum absolute atomic E-state index is 0.00185. The minimum atomic E-state index is -1.04. The predicted molar refractivity (Wildman–Crippen MR) is 88.5 cm³/mol. The molecule has 8 nitrogen and oxygen atoms in total. The maximum absolute atomic E-state index is 12.1. The van der Waals surface area contributed by atoms with E-state index in [1.165, 1.54) is 4.90 Å². The molecule has 0 aromatic carbocycles. The van der Waals surface area contributed by atoms with Crippen LogP contribution in [0.15, 0.2) is 0 Å². The van der Waals surface area contributed by atoms with Gasteiger partial charge in [-0.1, -0.05) is 12.2 Å². The lowest BCUT2D eigenvalue weighted by atomic mass is 10.3. The molecule has 0 heterocycles. The van der Waals surface area contributed by atoms with Crippen molar-refractivity contribution in [3.63, 3.8) is 0 Å². The van der Waals surface area contributed by atoms with Crippen LogP contribution in [0.4, 0.5) is 0 Å². The number of thiocarbonyl (C=S) groups is 1. The largest absolute Gasteiger partial charge is 0.390 e. The van der Waals surface area contributed by atoms with Gasteiger partial charge in [-0.15, -0.1) is 0 Å². The number of ether oxygens (including phenoxy) is 2. The van der Waals surface area contributed by atoms with Gasteiger partial charge in [0.1, 0.15) is 0 Å². The summed E-state index contributed by atoms with van der Waals surface area (Å²) in [5.41, 5.74) is 5.13. The molecular weight excluding hydrogens is 322 g/mol. The molecule has 0 aromatic heterocycles. The SMILES string of the molecule is CCO[C@@H](C(=O)OC(=O)CCCNC(=O)CN)N(CC)C(C)=S. The Bertz CT molecular complexity index is 431. The highest BCUT2D eigenvalue weighted by molar-refractivity contribution is 7.80. The smallest absolute Gasteiger partial charge is 0.364 e. The van der Waals surface area contributed by atoms with E-state index in [4.69, 9.17) is 27.4 Å². The summed E-state index contributed by atoms with van der Waals surface area (Å²) in [7, 11) is 0. The standard InChI is InChI=1S/C14H25N3O5S/c1-4-17(10(3)23)13(21-5-2)14(20)22-12(19)7-6-8-16-11(18)9-15/h13H,4-9,15H2,1-3H3,(H,16,18)/t13-/m0/s1. The Morgan fingerprint density at radius 3 is 2.43 bits per heavy atom. The lowest BCUT2D eigenvalue weighted by Crippen LogP contribution is -2.46. The summed E-state index contributed by atoms with van der Waals surface area (Å²) in [5.74, 6) is -1.78. The first-order valence-corrected chi connectivity index (χ1v) is 7.88. The van der Waals surface area contributed by atoms with Crippen LogP contribution in [0, 0.1) is 0 Å². The Kier molecular flexibility index (Phi) is 11.1. The van der Waals surface area contributed by atoms with E-state index in [1.807, 2.05) is 6.92 Å². The number of carbonyl (C=O) groups is 3. The Hall–Kier alpha value is -1.58. The lowest BCUT2D eigenvalue weighted by molar-refractivity contribution is -0.174. The molecular formula is C14H25N3O5S. The molecule has 0 aliphatic heterocycles. The van der Waals surface area contributed by atoms with Crippen LogP contribution in [-0.4, -0.2) is 60.2 Å². The van der Waals surface area contributed by atoms with Crippen molar-refractivity contribution in [1.29, 1.82) is 0 Å². The second kappa shape index (κ2) is 11.9. The van der Waals surface area contributed by atoms with Gasteiger partial charge in [-0.25, -0.2) is 4.79 Å². The number of amides is 1. The number of likely N-dealkylation sites (N-methyl/N-ethyl adjacent to an activating group) is 1. The molecule has 1 amide bonds. The summed E-state index contributed by atoms with van der Waals surface area (Å²) < 4.78 is 10.1. The number of carbonyl (C=O) groups excluding carboxylic acids is 3. The number of hydrogen-bond acceptors (Lipinski definition) is 7.